The van der Waals surface area contributed by atoms with Gasteiger partial charge in [0.05, 0.1) is 20.3 Å². The third-order valence-corrected chi connectivity index (χ3v) is 3.00. The topological polar surface area (TPSA) is 38.8 Å². The molecule has 0 aliphatic carbocycles. The Balaban J connectivity index is 2.21. The summed E-state index contributed by atoms with van der Waals surface area (Å²) in [6.45, 7) is 0.969. The fraction of sp³-hybridized carbons (Fsp3) is 0.462. The first-order valence-electron chi connectivity index (χ1n) is 5.95. The number of carbonyl (C=O) groups excluding carboxylic acids is 1. The molecule has 1 aliphatic rings. The van der Waals surface area contributed by atoms with Crippen LogP contribution in [0.4, 0.5) is 8.78 Å². The summed E-state index contributed by atoms with van der Waals surface area (Å²) in [5, 5.41) is 0. The Bertz CT molecular complexity index is 459. The van der Waals surface area contributed by atoms with Crippen molar-refractivity contribution in [3.63, 3.8) is 0 Å². The molecule has 1 aromatic rings. The van der Waals surface area contributed by atoms with Gasteiger partial charge in [0.1, 0.15) is 5.75 Å². The number of benzene rings is 1. The van der Waals surface area contributed by atoms with E-state index in [4.69, 9.17) is 9.47 Å². The summed E-state index contributed by atoms with van der Waals surface area (Å²) in [6, 6.07) is 5.40. The second-order valence-corrected chi connectivity index (χ2v) is 4.21. The van der Waals surface area contributed by atoms with E-state index in [1.807, 2.05) is 0 Å². The van der Waals surface area contributed by atoms with E-state index >= 15 is 0 Å². The van der Waals surface area contributed by atoms with E-state index in [-0.39, 0.29) is 18.7 Å². The first-order chi connectivity index (χ1) is 9.05. The second-order valence-electron chi connectivity index (χ2n) is 4.21. The average molecular weight is 271 g/mol. The molecule has 0 unspecified atom stereocenters. The summed E-state index contributed by atoms with van der Waals surface area (Å²) >= 11 is 0. The number of carbonyl (C=O) groups is 1. The number of rotatable bonds is 3. The molecule has 4 nitrogen and oxygen atoms in total. The fourth-order valence-electron chi connectivity index (χ4n) is 1.91. The molecule has 0 spiro atoms. The molecular weight excluding hydrogens is 256 g/mol. The van der Waals surface area contributed by atoms with Crippen molar-refractivity contribution in [2.45, 2.75) is 5.92 Å². The van der Waals surface area contributed by atoms with Crippen molar-refractivity contribution in [2.75, 3.05) is 33.4 Å². The van der Waals surface area contributed by atoms with Gasteiger partial charge in [-0.1, -0.05) is 12.1 Å². The maximum atomic E-state index is 14.2. The zero-order chi connectivity index (χ0) is 13.9. The number of amides is 1. The number of alkyl halides is 2. The average Bonchev–Trinajstić information content (AvgIpc) is 2.47. The molecular formula is C13H15F2NO3. The predicted molar refractivity (Wildman–Crippen MR) is 64.3 cm³/mol. The van der Waals surface area contributed by atoms with Crippen molar-refractivity contribution >= 4 is 5.91 Å². The summed E-state index contributed by atoms with van der Waals surface area (Å²) in [4.78, 5) is 13.0. The molecule has 6 heteroatoms. The van der Waals surface area contributed by atoms with Crippen LogP contribution < -0.4 is 4.74 Å². The van der Waals surface area contributed by atoms with Crippen molar-refractivity contribution < 1.29 is 23.0 Å². The molecule has 0 saturated carbocycles. The number of ether oxygens (including phenoxy) is 2. The molecule has 1 amide bonds. The van der Waals surface area contributed by atoms with Crippen LogP contribution in [0.25, 0.3) is 0 Å². The van der Waals surface area contributed by atoms with Crippen LogP contribution in [-0.2, 0) is 15.5 Å². The van der Waals surface area contributed by atoms with Gasteiger partial charge >= 0.3 is 5.92 Å². The summed E-state index contributed by atoms with van der Waals surface area (Å²) in [6.07, 6.45) is 0. The zero-order valence-electron chi connectivity index (χ0n) is 10.6. The Morgan fingerprint density at radius 1 is 1.37 bits per heavy atom. The van der Waals surface area contributed by atoms with Crippen LogP contribution in [0.3, 0.4) is 0 Å². The Labute approximate surface area is 109 Å². The summed E-state index contributed by atoms with van der Waals surface area (Å²) < 4.78 is 38.3. The van der Waals surface area contributed by atoms with Crippen LogP contribution in [0.1, 0.15) is 5.56 Å². The van der Waals surface area contributed by atoms with E-state index in [1.165, 1.54) is 25.3 Å². The number of methoxy groups -OCH3 is 1. The fourth-order valence-corrected chi connectivity index (χ4v) is 1.91. The predicted octanol–water partition coefficient (Wildman–Crippen LogP) is 1.65. The van der Waals surface area contributed by atoms with E-state index in [1.54, 1.807) is 6.07 Å². The molecule has 0 aromatic heterocycles. The highest BCUT2D eigenvalue weighted by atomic mass is 19.3. The highest BCUT2D eigenvalue weighted by molar-refractivity contribution is 5.85. The zero-order valence-corrected chi connectivity index (χ0v) is 10.6. The maximum absolute atomic E-state index is 14.2. The van der Waals surface area contributed by atoms with E-state index in [0.29, 0.717) is 19.0 Å². The quantitative estimate of drug-likeness (QED) is 0.839. The molecule has 1 heterocycles. The smallest absolute Gasteiger partial charge is 0.350 e. The lowest BCUT2D eigenvalue weighted by Crippen LogP contribution is -2.47. The van der Waals surface area contributed by atoms with Crippen LogP contribution in [0.5, 0.6) is 5.75 Å². The molecule has 1 aromatic carbocycles. The SMILES string of the molecule is COc1cccc(C(F)(F)C(=O)N2CCOCC2)c1. The first-order valence-corrected chi connectivity index (χ1v) is 5.95. The van der Waals surface area contributed by atoms with Gasteiger partial charge in [0.25, 0.3) is 5.91 Å². The van der Waals surface area contributed by atoms with Gasteiger partial charge in [0.2, 0.25) is 0 Å². The summed E-state index contributed by atoms with van der Waals surface area (Å²) in [5.74, 6) is -4.44. The van der Waals surface area contributed by atoms with Gasteiger partial charge in [0, 0.05) is 18.7 Å². The summed E-state index contributed by atoms with van der Waals surface area (Å²) in [7, 11) is 1.39. The molecule has 2 rings (SSSR count). The molecule has 1 aliphatic heterocycles. The van der Waals surface area contributed by atoms with Crippen LogP contribution in [0.15, 0.2) is 24.3 Å². The third-order valence-electron chi connectivity index (χ3n) is 3.00. The highest BCUT2D eigenvalue weighted by Crippen LogP contribution is 2.32. The van der Waals surface area contributed by atoms with Crippen LogP contribution in [0, 0.1) is 0 Å². The molecule has 1 saturated heterocycles. The monoisotopic (exact) mass is 271 g/mol. The molecule has 0 radical (unpaired) electrons. The minimum Gasteiger partial charge on any atom is -0.497 e. The molecule has 0 N–H and O–H groups in total. The molecule has 19 heavy (non-hydrogen) atoms. The molecule has 1 fully saturated rings. The lowest BCUT2D eigenvalue weighted by molar-refractivity contribution is -0.163. The number of hydrogen-bond acceptors (Lipinski definition) is 3. The maximum Gasteiger partial charge on any atom is 0.350 e. The lowest BCUT2D eigenvalue weighted by atomic mass is 10.1. The first kappa shape index (κ1) is 13.7. The summed E-state index contributed by atoms with van der Waals surface area (Å²) in [5.41, 5.74) is -0.358. The standard InChI is InChI=1S/C13H15F2NO3/c1-18-11-4-2-3-10(9-11)13(14,15)12(17)16-5-7-19-8-6-16/h2-4,9H,5-8H2,1H3. The minimum atomic E-state index is -3.55. The Kier molecular flexibility index (Phi) is 3.99. The normalized spacial score (nSPS) is 16.3. The van der Waals surface area contributed by atoms with Crippen molar-refractivity contribution in [2.24, 2.45) is 0 Å². The van der Waals surface area contributed by atoms with Gasteiger partial charge in [0.15, 0.2) is 0 Å². The minimum absolute atomic E-state index is 0.193. The second kappa shape index (κ2) is 5.52. The van der Waals surface area contributed by atoms with E-state index in [2.05, 4.69) is 0 Å². The van der Waals surface area contributed by atoms with Gasteiger partial charge in [-0.05, 0) is 12.1 Å². The van der Waals surface area contributed by atoms with E-state index < -0.39 is 11.8 Å². The lowest BCUT2D eigenvalue weighted by Gasteiger charge is -2.30. The van der Waals surface area contributed by atoms with E-state index in [9.17, 15) is 13.6 Å². The number of nitrogens with zero attached hydrogens (tertiary/aromatic N) is 1. The number of morpholine rings is 1. The van der Waals surface area contributed by atoms with Crippen molar-refractivity contribution in [3.8, 4) is 5.75 Å². The van der Waals surface area contributed by atoms with Gasteiger partial charge in [-0.3, -0.25) is 4.79 Å². The van der Waals surface area contributed by atoms with Crippen molar-refractivity contribution in [1.29, 1.82) is 0 Å². The largest absolute Gasteiger partial charge is 0.497 e. The molecule has 104 valence electrons. The number of halogens is 2. The van der Waals surface area contributed by atoms with Crippen LogP contribution in [-0.4, -0.2) is 44.2 Å². The number of hydrogen-bond donors (Lipinski definition) is 0. The Morgan fingerprint density at radius 2 is 2.05 bits per heavy atom. The van der Waals surface area contributed by atoms with Gasteiger partial charge in [-0.15, -0.1) is 0 Å². The molecule has 0 bridgehead atoms. The highest BCUT2D eigenvalue weighted by Gasteiger charge is 2.44. The van der Waals surface area contributed by atoms with Gasteiger partial charge in [-0.25, -0.2) is 0 Å². The van der Waals surface area contributed by atoms with Crippen LogP contribution >= 0.6 is 0 Å². The van der Waals surface area contributed by atoms with Gasteiger partial charge in [-0.2, -0.15) is 8.78 Å². The Morgan fingerprint density at radius 3 is 2.68 bits per heavy atom. The van der Waals surface area contributed by atoms with Crippen molar-refractivity contribution in [3.05, 3.63) is 29.8 Å². The Hall–Kier alpha value is -1.69. The van der Waals surface area contributed by atoms with Crippen LogP contribution in [0.2, 0.25) is 0 Å². The van der Waals surface area contributed by atoms with E-state index in [0.717, 1.165) is 4.90 Å². The van der Waals surface area contributed by atoms with Crippen molar-refractivity contribution in [1.82, 2.24) is 4.90 Å². The third kappa shape index (κ3) is 2.84. The van der Waals surface area contributed by atoms with Gasteiger partial charge < -0.3 is 14.4 Å². The molecule has 0 atom stereocenters.